The predicted octanol–water partition coefficient (Wildman–Crippen LogP) is 7.10. The summed E-state index contributed by atoms with van der Waals surface area (Å²) in [6.07, 6.45) is 2.23. The first-order chi connectivity index (χ1) is 16.3. The standard InChI is InChI=1S/C27H46BrN3O3Si2/c1-26(2,3)35(7,8)33-15-13-31(14-16-34-36(9,10)27(4,5)6)25(32)21-17-20-11-12-22(28)19-23(20)30-24(29)18-21/h11-12,17,19H,13-16,18H2,1-10H3,(H2,29,30). The fraction of sp³-hybridized carbons (Fsp3) is 0.630. The molecule has 0 unspecified atom stereocenters. The van der Waals surface area contributed by atoms with Crippen molar-refractivity contribution in [3.63, 3.8) is 0 Å². The van der Waals surface area contributed by atoms with Crippen LogP contribution < -0.4 is 5.73 Å². The minimum Gasteiger partial charge on any atom is -0.415 e. The SMILES string of the molecule is CC(C)(C)[Si](C)(C)OCCN(CCO[Si](C)(C)C(C)(C)C)C(=O)C1=Cc2ccc(Br)cc2N=C(N)C1. The maximum absolute atomic E-state index is 13.8. The van der Waals surface area contributed by atoms with Gasteiger partial charge < -0.3 is 19.5 Å². The number of amides is 1. The second-order valence-electron chi connectivity index (χ2n) is 12.7. The Labute approximate surface area is 229 Å². The molecule has 9 heteroatoms. The van der Waals surface area contributed by atoms with Gasteiger partial charge in [-0.3, -0.25) is 4.79 Å². The van der Waals surface area contributed by atoms with E-state index in [1.165, 1.54) is 0 Å². The molecule has 0 aliphatic carbocycles. The molecule has 1 aliphatic rings. The van der Waals surface area contributed by atoms with Gasteiger partial charge in [0, 0.05) is 35.1 Å². The van der Waals surface area contributed by atoms with Gasteiger partial charge in [0.05, 0.1) is 18.9 Å². The van der Waals surface area contributed by atoms with E-state index >= 15 is 0 Å². The van der Waals surface area contributed by atoms with Crippen LogP contribution in [0.15, 0.2) is 33.2 Å². The van der Waals surface area contributed by atoms with Crippen LogP contribution in [-0.2, 0) is 13.6 Å². The highest BCUT2D eigenvalue weighted by atomic mass is 79.9. The molecule has 2 rings (SSSR count). The number of carbonyl (C=O) groups excluding carboxylic acids is 1. The third-order valence-electron chi connectivity index (χ3n) is 7.78. The van der Waals surface area contributed by atoms with Gasteiger partial charge in [0.15, 0.2) is 16.6 Å². The van der Waals surface area contributed by atoms with Crippen molar-refractivity contribution < 1.29 is 13.6 Å². The highest BCUT2D eigenvalue weighted by molar-refractivity contribution is 9.10. The summed E-state index contributed by atoms with van der Waals surface area (Å²) in [5.74, 6) is 0.392. The number of hydrogen-bond acceptors (Lipinski definition) is 5. The molecule has 1 aromatic carbocycles. The van der Waals surface area contributed by atoms with Gasteiger partial charge in [-0.15, -0.1) is 0 Å². The summed E-state index contributed by atoms with van der Waals surface area (Å²) in [7, 11) is -3.85. The summed E-state index contributed by atoms with van der Waals surface area (Å²) in [6.45, 7) is 24.3. The van der Waals surface area contributed by atoms with Crippen molar-refractivity contribution in [2.75, 3.05) is 26.3 Å². The van der Waals surface area contributed by atoms with E-state index in [2.05, 4.69) is 88.7 Å². The zero-order valence-corrected chi connectivity index (χ0v) is 27.5. The highest BCUT2D eigenvalue weighted by Gasteiger charge is 2.38. The monoisotopic (exact) mass is 595 g/mol. The van der Waals surface area contributed by atoms with Gasteiger partial charge in [0.2, 0.25) is 5.91 Å². The van der Waals surface area contributed by atoms with E-state index in [0.717, 1.165) is 15.7 Å². The topological polar surface area (TPSA) is 77.2 Å². The molecule has 0 radical (unpaired) electrons. The van der Waals surface area contributed by atoms with Crippen molar-refractivity contribution in [1.82, 2.24) is 4.90 Å². The zero-order chi connectivity index (χ0) is 27.5. The number of benzene rings is 1. The van der Waals surface area contributed by atoms with Crippen LogP contribution in [0.3, 0.4) is 0 Å². The van der Waals surface area contributed by atoms with Gasteiger partial charge in [-0.2, -0.15) is 0 Å². The summed E-state index contributed by atoms with van der Waals surface area (Å²) < 4.78 is 13.8. The Morgan fingerprint density at radius 3 is 1.97 bits per heavy atom. The van der Waals surface area contributed by atoms with Crippen molar-refractivity contribution in [2.24, 2.45) is 10.7 Å². The quantitative estimate of drug-likeness (QED) is 0.309. The summed E-state index contributed by atoms with van der Waals surface area (Å²) >= 11 is 3.49. The third kappa shape index (κ3) is 8.12. The average Bonchev–Trinajstić information content (AvgIpc) is 2.87. The van der Waals surface area contributed by atoms with Crippen molar-refractivity contribution in [3.05, 3.63) is 33.8 Å². The van der Waals surface area contributed by atoms with Crippen LogP contribution in [-0.4, -0.2) is 59.6 Å². The van der Waals surface area contributed by atoms with Gasteiger partial charge in [0.25, 0.3) is 0 Å². The van der Waals surface area contributed by atoms with Gasteiger partial charge in [0.1, 0.15) is 5.84 Å². The molecular formula is C27H46BrN3O3Si2. The van der Waals surface area contributed by atoms with Crippen LogP contribution in [0.2, 0.25) is 36.3 Å². The molecule has 6 nitrogen and oxygen atoms in total. The van der Waals surface area contributed by atoms with Gasteiger partial charge in [-0.25, -0.2) is 4.99 Å². The molecule has 0 spiro atoms. The lowest BCUT2D eigenvalue weighted by molar-refractivity contribution is -0.128. The highest BCUT2D eigenvalue weighted by Crippen LogP contribution is 2.37. The Morgan fingerprint density at radius 1 is 1.00 bits per heavy atom. The maximum Gasteiger partial charge on any atom is 0.250 e. The summed E-state index contributed by atoms with van der Waals surface area (Å²) in [6, 6.07) is 5.83. The summed E-state index contributed by atoms with van der Waals surface area (Å²) in [4.78, 5) is 20.2. The lowest BCUT2D eigenvalue weighted by atomic mass is 10.1. The Kier molecular flexibility index (Phi) is 10.0. The fourth-order valence-corrected chi connectivity index (χ4v) is 5.69. The van der Waals surface area contributed by atoms with E-state index in [4.69, 9.17) is 14.6 Å². The van der Waals surface area contributed by atoms with E-state index in [1.54, 1.807) is 0 Å². The first-order valence-electron chi connectivity index (χ1n) is 12.7. The van der Waals surface area contributed by atoms with Crippen molar-refractivity contribution >= 4 is 56.1 Å². The molecule has 1 aromatic rings. The van der Waals surface area contributed by atoms with E-state index in [0.29, 0.717) is 44.1 Å². The fourth-order valence-electron chi connectivity index (χ4n) is 3.27. The minimum absolute atomic E-state index is 0.0402. The lowest BCUT2D eigenvalue weighted by Crippen LogP contribution is -2.46. The first kappa shape index (κ1) is 31.0. The van der Waals surface area contributed by atoms with Crippen LogP contribution >= 0.6 is 15.9 Å². The van der Waals surface area contributed by atoms with Gasteiger partial charge in [-0.1, -0.05) is 63.5 Å². The van der Waals surface area contributed by atoms with Crippen molar-refractivity contribution in [3.8, 4) is 0 Å². The Hall–Kier alpha value is -1.27. The van der Waals surface area contributed by atoms with Crippen LogP contribution in [0.5, 0.6) is 0 Å². The summed E-state index contributed by atoms with van der Waals surface area (Å²) in [5, 5.41) is 0.222. The minimum atomic E-state index is -1.92. The molecule has 36 heavy (non-hydrogen) atoms. The number of fused-ring (bicyclic) bond motifs is 1. The lowest BCUT2D eigenvalue weighted by Gasteiger charge is -2.38. The number of nitrogens with two attached hydrogens (primary N) is 1. The van der Waals surface area contributed by atoms with E-state index in [1.807, 2.05) is 29.2 Å². The third-order valence-corrected chi connectivity index (χ3v) is 17.3. The van der Waals surface area contributed by atoms with Crippen LogP contribution in [0.4, 0.5) is 5.69 Å². The molecular weight excluding hydrogens is 550 g/mol. The van der Waals surface area contributed by atoms with Gasteiger partial charge in [-0.05, 0) is 54.5 Å². The molecule has 1 heterocycles. The van der Waals surface area contributed by atoms with Crippen molar-refractivity contribution in [1.29, 1.82) is 0 Å². The number of hydrogen-bond donors (Lipinski definition) is 1. The zero-order valence-electron chi connectivity index (χ0n) is 23.9. The van der Waals surface area contributed by atoms with E-state index in [-0.39, 0.29) is 16.0 Å². The normalized spacial score (nSPS) is 15.1. The Bertz CT molecular complexity index is 976. The molecule has 2 N–H and O–H groups in total. The molecule has 0 saturated heterocycles. The van der Waals surface area contributed by atoms with Crippen LogP contribution in [0.25, 0.3) is 6.08 Å². The van der Waals surface area contributed by atoms with Crippen LogP contribution in [0, 0.1) is 0 Å². The number of carbonyl (C=O) groups is 1. The molecule has 0 saturated carbocycles. The average molecular weight is 597 g/mol. The number of aliphatic imine (C=N–C) groups is 1. The molecule has 0 bridgehead atoms. The Morgan fingerprint density at radius 2 is 1.50 bits per heavy atom. The molecule has 0 fully saturated rings. The molecule has 1 amide bonds. The van der Waals surface area contributed by atoms with E-state index in [9.17, 15) is 4.79 Å². The maximum atomic E-state index is 13.8. The number of rotatable bonds is 9. The Balaban J connectivity index is 2.26. The first-order valence-corrected chi connectivity index (χ1v) is 19.4. The smallest absolute Gasteiger partial charge is 0.250 e. The summed E-state index contributed by atoms with van der Waals surface area (Å²) in [5.41, 5.74) is 8.51. The molecule has 0 aromatic heterocycles. The van der Waals surface area contributed by atoms with Crippen LogP contribution in [0.1, 0.15) is 53.5 Å². The molecule has 202 valence electrons. The number of halogens is 1. The largest absolute Gasteiger partial charge is 0.415 e. The van der Waals surface area contributed by atoms with Crippen molar-refractivity contribution in [2.45, 2.75) is 84.2 Å². The number of nitrogens with zero attached hydrogens (tertiary/aromatic N) is 2. The molecule has 1 aliphatic heterocycles. The second-order valence-corrected chi connectivity index (χ2v) is 23.2. The predicted molar refractivity (Wildman–Crippen MR) is 161 cm³/mol. The molecule has 0 atom stereocenters. The van der Waals surface area contributed by atoms with Gasteiger partial charge >= 0.3 is 0 Å². The van der Waals surface area contributed by atoms with E-state index < -0.39 is 16.6 Å². The second kappa shape index (κ2) is 11.6. The number of amidine groups is 1.